The van der Waals surface area contributed by atoms with Gasteiger partial charge in [-0.3, -0.25) is 0 Å². The third kappa shape index (κ3) is 49.8. The lowest BCUT2D eigenvalue weighted by molar-refractivity contribution is -0.191. The van der Waals surface area contributed by atoms with Gasteiger partial charge in [-0.15, -0.1) is 0 Å². The lowest BCUT2D eigenvalue weighted by Gasteiger charge is -1.48. The molecule has 0 saturated carbocycles. The molecular weight excluding hydrogens is 80.0 g/mol. The van der Waals surface area contributed by atoms with Crippen LogP contribution in [0.4, 0.5) is 0 Å². The number of carbonyl (C=O) groups excluding carboxylic acids is 2. The summed E-state index contributed by atoms with van der Waals surface area (Å²) in [6, 6.07) is 0. The van der Waals surface area contributed by atoms with E-state index in [9.17, 15) is 0 Å². The Morgan fingerprint density at radius 2 is 1.33 bits per heavy atom. The van der Waals surface area contributed by atoms with E-state index >= 15 is 0 Å². The van der Waals surface area contributed by atoms with E-state index in [1.807, 2.05) is 0 Å². The van der Waals surface area contributed by atoms with Gasteiger partial charge >= 0.3 is 6.15 Å². The van der Waals surface area contributed by atoms with Crippen molar-refractivity contribution in [2.75, 3.05) is 0 Å². The normalized spacial score (nSPS) is 4.33. The van der Waals surface area contributed by atoms with Crippen LogP contribution in [0.1, 0.15) is 20.3 Å². The van der Waals surface area contributed by atoms with Crippen LogP contribution in [-0.2, 0) is 9.59 Å². The van der Waals surface area contributed by atoms with E-state index in [1.165, 1.54) is 6.42 Å². The molecule has 0 saturated heterocycles. The Labute approximate surface area is 37.2 Å². The van der Waals surface area contributed by atoms with E-state index < -0.39 is 0 Å². The van der Waals surface area contributed by atoms with Crippen molar-refractivity contribution in [3.8, 4) is 0 Å². The molecule has 0 aromatic carbocycles. The molecule has 0 N–H and O–H groups in total. The zero-order valence-electron chi connectivity index (χ0n) is 4.02. The molecule has 2 nitrogen and oxygen atoms in total. The molecule has 0 rings (SSSR count). The van der Waals surface area contributed by atoms with Gasteiger partial charge < -0.3 is 0 Å². The fourth-order valence-corrected chi connectivity index (χ4v) is 0. The predicted octanol–water partition coefficient (Wildman–Crippen LogP) is 0.833. The van der Waals surface area contributed by atoms with Crippen molar-refractivity contribution in [2.45, 2.75) is 20.3 Å². The third-order valence-electron chi connectivity index (χ3n) is 0. The van der Waals surface area contributed by atoms with Crippen LogP contribution in [0, 0.1) is 0 Å². The highest BCUT2D eigenvalue weighted by molar-refractivity contribution is 5.20. The summed E-state index contributed by atoms with van der Waals surface area (Å²) in [5.41, 5.74) is 0. The molecule has 0 aliphatic carbocycles. The molecule has 0 atom stereocenters. The van der Waals surface area contributed by atoms with Crippen LogP contribution in [-0.4, -0.2) is 6.15 Å². The zero-order chi connectivity index (χ0) is 5.41. The molecule has 0 fully saturated rings. The van der Waals surface area contributed by atoms with Crippen LogP contribution in [0.3, 0.4) is 0 Å². The molecule has 6 heavy (non-hydrogen) atoms. The molecule has 0 aliphatic rings. The fourth-order valence-electron chi connectivity index (χ4n) is 0. The molecule has 0 bridgehead atoms. The Kier molecular flexibility index (Phi) is 39.6. The summed E-state index contributed by atoms with van der Waals surface area (Å²) in [6.07, 6.45) is 1.50. The molecule has 0 aromatic rings. The standard InChI is InChI=1S/C3H8.CO2/c1-3-2;2-1-3/h3H2,1-2H3;. The second-order valence-corrected chi connectivity index (χ2v) is 0.790. The third-order valence-corrected chi connectivity index (χ3v) is 0. The van der Waals surface area contributed by atoms with Gasteiger partial charge in [0, 0.05) is 0 Å². The summed E-state index contributed by atoms with van der Waals surface area (Å²) in [5.74, 6) is 0. The molecule has 0 spiro atoms. The van der Waals surface area contributed by atoms with Crippen LogP contribution < -0.4 is 0 Å². The van der Waals surface area contributed by atoms with E-state index in [1.54, 1.807) is 0 Å². The molecule has 0 aliphatic heterocycles. The summed E-state index contributed by atoms with van der Waals surface area (Å²) < 4.78 is 0. The number of rotatable bonds is 0. The summed E-state index contributed by atoms with van der Waals surface area (Å²) in [6.45, 7) is 4.25. The van der Waals surface area contributed by atoms with E-state index in [0.717, 1.165) is 0 Å². The molecule has 0 radical (unpaired) electrons. The topological polar surface area (TPSA) is 34.1 Å². The first-order chi connectivity index (χ1) is 2.83. The number of hydrogen-bond acceptors (Lipinski definition) is 2. The second-order valence-electron chi connectivity index (χ2n) is 0.790. The largest absolute Gasteiger partial charge is 0.373 e. The Morgan fingerprint density at radius 3 is 1.33 bits per heavy atom. The van der Waals surface area contributed by atoms with Crippen molar-refractivity contribution in [3.63, 3.8) is 0 Å². The molecule has 0 heterocycles. The maximum absolute atomic E-state index is 8.12. The van der Waals surface area contributed by atoms with Gasteiger partial charge in [0.25, 0.3) is 0 Å². The monoisotopic (exact) mass is 88.1 g/mol. The maximum Gasteiger partial charge on any atom is 0.373 e. The van der Waals surface area contributed by atoms with Gasteiger partial charge in [0.15, 0.2) is 0 Å². The van der Waals surface area contributed by atoms with E-state index in [0.29, 0.717) is 0 Å². The number of hydrogen-bond donors (Lipinski definition) is 0. The molecule has 0 aromatic heterocycles. The van der Waals surface area contributed by atoms with E-state index in [4.69, 9.17) is 9.59 Å². The summed E-state index contributed by atoms with van der Waals surface area (Å²) in [7, 11) is 0. The average molecular weight is 88.1 g/mol. The molecule has 36 valence electrons. The van der Waals surface area contributed by atoms with Gasteiger partial charge in [-0.05, 0) is 0 Å². The first-order valence-electron chi connectivity index (χ1n) is 1.82. The first-order valence-corrected chi connectivity index (χ1v) is 1.82. The minimum atomic E-state index is 0.250. The summed E-state index contributed by atoms with van der Waals surface area (Å²) >= 11 is 0. The van der Waals surface area contributed by atoms with Crippen LogP contribution >= 0.6 is 0 Å². The van der Waals surface area contributed by atoms with Crippen molar-refractivity contribution >= 4 is 6.15 Å². The van der Waals surface area contributed by atoms with Gasteiger partial charge in [-0.1, -0.05) is 20.3 Å². The highest BCUT2D eigenvalue weighted by Gasteiger charge is 1.35. The fraction of sp³-hybridized carbons (Fsp3) is 0.750. The second kappa shape index (κ2) is 26.3. The van der Waals surface area contributed by atoms with Crippen molar-refractivity contribution in [1.29, 1.82) is 0 Å². The minimum absolute atomic E-state index is 0.250. The van der Waals surface area contributed by atoms with Crippen LogP contribution in [0.25, 0.3) is 0 Å². The van der Waals surface area contributed by atoms with Crippen LogP contribution in [0.15, 0.2) is 0 Å². The van der Waals surface area contributed by atoms with Crippen molar-refractivity contribution in [2.24, 2.45) is 0 Å². The predicted molar refractivity (Wildman–Crippen MR) is 21.0 cm³/mol. The highest BCUT2D eigenvalue weighted by atomic mass is 16.2. The van der Waals surface area contributed by atoms with Crippen LogP contribution in [0.5, 0.6) is 0 Å². The minimum Gasteiger partial charge on any atom is -0.186 e. The molecular formula is C4H8O2. The first kappa shape index (κ1) is 9.03. The Morgan fingerprint density at radius 1 is 1.33 bits per heavy atom. The zero-order valence-corrected chi connectivity index (χ0v) is 4.02. The van der Waals surface area contributed by atoms with Crippen LogP contribution in [0.2, 0.25) is 0 Å². The van der Waals surface area contributed by atoms with Crippen molar-refractivity contribution in [3.05, 3.63) is 0 Å². The quantitative estimate of drug-likeness (QED) is 0.439. The molecule has 2 heteroatoms. The summed E-state index contributed by atoms with van der Waals surface area (Å²) in [5, 5.41) is 0. The van der Waals surface area contributed by atoms with Gasteiger partial charge in [-0.25, -0.2) is 0 Å². The molecule has 0 unspecified atom stereocenters. The maximum atomic E-state index is 8.12. The average Bonchev–Trinajstić information content (AvgIpc) is 1.39. The van der Waals surface area contributed by atoms with E-state index in [-0.39, 0.29) is 6.15 Å². The lowest BCUT2D eigenvalue weighted by Crippen LogP contribution is -1.27. The Bertz CT molecular complexity index is 34.8. The van der Waals surface area contributed by atoms with Crippen molar-refractivity contribution < 1.29 is 9.59 Å². The SMILES string of the molecule is CCC.O=C=O. The summed E-state index contributed by atoms with van der Waals surface area (Å²) in [4.78, 5) is 16.2. The lowest BCUT2D eigenvalue weighted by atomic mass is 10.6. The van der Waals surface area contributed by atoms with Crippen molar-refractivity contribution in [1.82, 2.24) is 0 Å². The molecule has 0 amide bonds. The van der Waals surface area contributed by atoms with Gasteiger partial charge in [-0.2, -0.15) is 9.59 Å². The smallest absolute Gasteiger partial charge is 0.186 e. The van der Waals surface area contributed by atoms with Gasteiger partial charge in [0.05, 0.1) is 0 Å². The van der Waals surface area contributed by atoms with Gasteiger partial charge in [0.2, 0.25) is 0 Å². The Hall–Kier alpha value is -0.620. The highest BCUT2D eigenvalue weighted by Crippen LogP contribution is 1.56. The Balaban J connectivity index is 0. The van der Waals surface area contributed by atoms with E-state index in [2.05, 4.69) is 13.8 Å². The van der Waals surface area contributed by atoms with Gasteiger partial charge in [0.1, 0.15) is 0 Å².